The minimum Gasteiger partial charge on any atom is -0.394 e. The topological polar surface area (TPSA) is 228 Å². The number of nitrogens with one attached hydrogen (secondary N) is 1. The minimum atomic E-state index is -1.79. The Morgan fingerprint density at radius 1 is 0.547 bits per heavy atom. The zero-order chi connectivity index (χ0) is 46.8. The summed E-state index contributed by atoms with van der Waals surface area (Å²) >= 11 is 0. The largest absolute Gasteiger partial charge is 0.394 e. The number of aliphatic hydroxyl groups excluding tert-OH is 8. The normalized spacial score (nSPS) is 27.5. The summed E-state index contributed by atoms with van der Waals surface area (Å²) in [7, 11) is 0. The number of carbonyl (C=O) groups excluding carboxylic acids is 1. The molecule has 9 N–H and O–H groups in total. The molecule has 0 aromatic rings. The zero-order valence-electron chi connectivity index (χ0n) is 39.5. The van der Waals surface area contributed by atoms with E-state index in [0.29, 0.717) is 12.8 Å². The Bertz CT molecular complexity index is 1220. The van der Waals surface area contributed by atoms with E-state index in [1.165, 1.54) is 89.9 Å². The lowest BCUT2D eigenvalue weighted by Gasteiger charge is -2.46. The third-order valence-corrected chi connectivity index (χ3v) is 12.3. The van der Waals surface area contributed by atoms with Crippen molar-refractivity contribution >= 4 is 5.91 Å². The van der Waals surface area contributed by atoms with E-state index in [-0.39, 0.29) is 18.9 Å². The molecule has 2 aliphatic rings. The van der Waals surface area contributed by atoms with Crippen LogP contribution >= 0.6 is 0 Å². The van der Waals surface area contributed by atoms with E-state index in [4.69, 9.17) is 18.9 Å². The third kappa shape index (κ3) is 24.3. The Hall–Kier alpha value is -1.79. The summed E-state index contributed by atoms with van der Waals surface area (Å²) in [5, 5.41) is 86.3. The van der Waals surface area contributed by atoms with E-state index in [9.17, 15) is 45.6 Å². The molecule has 0 aromatic heterocycles. The summed E-state index contributed by atoms with van der Waals surface area (Å²) in [5.41, 5.74) is 0. The van der Waals surface area contributed by atoms with Gasteiger partial charge in [-0.3, -0.25) is 4.79 Å². The van der Waals surface area contributed by atoms with Gasteiger partial charge in [-0.05, 0) is 44.9 Å². The molecule has 64 heavy (non-hydrogen) atoms. The third-order valence-electron chi connectivity index (χ3n) is 12.3. The van der Waals surface area contributed by atoms with E-state index in [2.05, 4.69) is 43.5 Å². The second-order valence-corrected chi connectivity index (χ2v) is 17.9. The van der Waals surface area contributed by atoms with Crippen molar-refractivity contribution in [3.8, 4) is 0 Å². The average Bonchev–Trinajstić information content (AvgIpc) is 3.29. The van der Waals surface area contributed by atoms with Gasteiger partial charge < -0.3 is 65.1 Å². The standard InChI is InChI=1S/C50H91NO13/c1-3-5-7-9-11-12-13-14-15-16-17-18-19-20-21-22-23-24-25-26-27-28-29-31-33-39(54)38(51-42(55)34-32-30-10-8-6-4-2)37-61-49-47(60)45(58)48(41(36-53)63-49)64-50-46(59)44(57)43(56)40(35-52)62-50/h22-23,26-27,31,33,38-41,43-50,52-54,56-60H,3-21,24-25,28-30,32,34-37H2,1-2H3,(H,51,55)/b23-22+,27-26+,33-31+. The maximum atomic E-state index is 13.0. The van der Waals surface area contributed by atoms with Crippen LogP contribution in [0.2, 0.25) is 0 Å². The minimum absolute atomic E-state index is 0.264. The quantitative estimate of drug-likeness (QED) is 0.0244. The van der Waals surface area contributed by atoms with Gasteiger partial charge in [0, 0.05) is 6.42 Å². The van der Waals surface area contributed by atoms with Gasteiger partial charge in [0.2, 0.25) is 5.91 Å². The lowest BCUT2D eigenvalue weighted by Crippen LogP contribution is -2.65. The van der Waals surface area contributed by atoms with Crippen LogP contribution in [-0.2, 0) is 23.7 Å². The molecule has 0 spiro atoms. The zero-order valence-corrected chi connectivity index (χ0v) is 39.5. The Balaban J connectivity index is 1.77. The number of unbranched alkanes of at least 4 members (excludes halogenated alkanes) is 21. The monoisotopic (exact) mass is 914 g/mol. The molecule has 12 unspecified atom stereocenters. The number of hydrogen-bond donors (Lipinski definition) is 9. The van der Waals surface area contributed by atoms with Crippen LogP contribution in [0.25, 0.3) is 0 Å². The van der Waals surface area contributed by atoms with Crippen LogP contribution in [0, 0.1) is 0 Å². The molecular formula is C50H91NO13. The fourth-order valence-corrected chi connectivity index (χ4v) is 8.14. The first kappa shape index (κ1) is 58.3. The van der Waals surface area contributed by atoms with Gasteiger partial charge >= 0.3 is 0 Å². The summed E-state index contributed by atoms with van der Waals surface area (Å²) in [6.07, 6.45) is 25.3. The van der Waals surface area contributed by atoms with E-state index >= 15 is 0 Å². The number of rotatable bonds is 38. The molecule has 2 heterocycles. The molecule has 12 atom stereocenters. The van der Waals surface area contributed by atoms with E-state index in [1.807, 2.05) is 6.08 Å². The number of hydrogen-bond acceptors (Lipinski definition) is 13. The molecule has 0 radical (unpaired) electrons. The number of allylic oxidation sites excluding steroid dienone is 5. The predicted molar refractivity (Wildman–Crippen MR) is 249 cm³/mol. The van der Waals surface area contributed by atoms with Gasteiger partial charge in [-0.15, -0.1) is 0 Å². The van der Waals surface area contributed by atoms with Gasteiger partial charge in [-0.25, -0.2) is 0 Å². The molecule has 14 nitrogen and oxygen atoms in total. The molecule has 0 bridgehead atoms. The highest BCUT2D eigenvalue weighted by Crippen LogP contribution is 2.30. The van der Waals surface area contributed by atoms with Gasteiger partial charge in [0.05, 0.1) is 32.0 Å². The number of carbonyl (C=O) groups is 1. The van der Waals surface area contributed by atoms with Gasteiger partial charge in [0.25, 0.3) is 0 Å². The van der Waals surface area contributed by atoms with Crippen molar-refractivity contribution in [2.24, 2.45) is 0 Å². The molecular weight excluding hydrogens is 823 g/mol. The van der Waals surface area contributed by atoms with Crippen molar-refractivity contribution in [3.63, 3.8) is 0 Å². The number of aliphatic hydroxyl groups is 8. The van der Waals surface area contributed by atoms with Crippen LogP contribution in [0.3, 0.4) is 0 Å². The first-order valence-electron chi connectivity index (χ1n) is 25.2. The number of ether oxygens (including phenoxy) is 4. The van der Waals surface area contributed by atoms with Crippen molar-refractivity contribution in [1.82, 2.24) is 5.32 Å². The molecule has 2 rings (SSSR count). The van der Waals surface area contributed by atoms with E-state index in [0.717, 1.165) is 57.8 Å². The maximum absolute atomic E-state index is 13.0. The second-order valence-electron chi connectivity index (χ2n) is 17.9. The van der Waals surface area contributed by atoms with Crippen LogP contribution < -0.4 is 5.32 Å². The van der Waals surface area contributed by atoms with Gasteiger partial charge in [-0.1, -0.05) is 166 Å². The summed E-state index contributed by atoms with van der Waals surface area (Å²) in [6, 6.07) is -0.931. The van der Waals surface area contributed by atoms with Crippen LogP contribution in [-0.4, -0.2) is 140 Å². The smallest absolute Gasteiger partial charge is 0.220 e. The van der Waals surface area contributed by atoms with Crippen LogP contribution in [0.4, 0.5) is 0 Å². The van der Waals surface area contributed by atoms with Crippen LogP contribution in [0.5, 0.6) is 0 Å². The van der Waals surface area contributed by atoms with Gasteiger partial charge in [0.1, 0.15) is 48.8 Å². The molecule has 2 aliphatic heterocycles. The molecule has 0 aliphatic carbocycles. The fraction of sp³-hybridized carbons (Fsp3) is 0.860. The Labute approximate surface area is 385 Å². The second kappa shape index (κ2) is 37.2. The summed E-state index contributed by atoms with van der Waals surface area (Å²) in [5.74, 6) is -0.264. The van der Waals surface area contributed by atoms with E-state index in [1.54, 1.807) is 6.08 Å². The highest BCUT2D eigenvalue weighted by Gasteiger charge is 2.51. The van der Waals surface area contributed by atoms with Crippen LogP contribution in [0.1, 0.15) is 181 Å². The molecule has 2 saturated heterocycles. The summed E-state index contributed by atoms with van der Waals surface area (Å²) in [6.45, 7) is 2.67. The SMILES string of the molecule is CCCCCCCCCCCCCCCC/C=C/CC/C=C/CC/C=C/C(O)C(COC1OC(CO)C(OC2OC(CO)C(O)C(O)C2O)C(O)C1O)NC(=O)CCCCCCCC. The van der Waals surface area contributed by atoms with Crippen molar-refractivity contribution < 1.29 is 64.6 Å². The average molecular weight is 914 g/mol. The lowest BCUT2D eigenvalue weighted by molar-refractivity contribution is -0.359. The fourth-order valence-electron chi connectivity index (χ4n) is 8.14. The Morgan fingerprint density at radius 3 is 1.53 bits per heavy atom. The Kier molecular flexibility index (Phi) is 33.9. The molecule has 374 valence electrons. The predicted octanol–water partition coefficient (Wildman–Crippen LogP) is 6.32. The maximum Gasteiger partial charge on any atom is 0.220 e. The summed E-state index contributed by atoms with van der Waals surface area (Å²) in [4.78, 5) is 13.0. The molecule has 0 aromatic carbocycles. The van der Waals surface area contributed by atoms with Crippen molar-refractivity contribution in [2.75, 3.05) is 19.8 Å². The Morgan fingerprint density at radius 2 is 1.00 bits per heavy atom. The highest BCUT2D eigenvalue weighted by molar-refractivity contribution is 5.76. The molecule has 1 amide bonds. The van der Waals surface area contributed by atoms with E-state index < -0.39 is 86.8 Å². The van der Waals surface area contributed by atoms with Crippen molar-refractivity contribution in [2.45, 2.75) is 254 Å². The van der Waals surface area contributed by atoms with Crippen molar-refractivity contribution in [1.29, 1.82) is 0 Å². The summed E-state index contributed by atoms with van der Waals surface area (Å²) < 4.78 is 22.6. The first-order chi connectivity index (χ1) is 31.1. The van der Waals surface area contributed by atoms with Crippen molar-refractivity contribution in [3.05, 3.63) is 36.5 Å². The highest BCUT2D eigenvalue weighted by atomic mass is 16.7. The van der Waals surface area contributed by atoms with Gasteiger partial charge in [0.15, 0.2) is 12.6 Å². The number of amides is 1. The lowest BCUT2D eigenvalue weighted by atomic mass is 9.97. The molecule has 2 fully saturated rings. The first-order valence-corrected chi connectivity index (χ1v) is 25.2. The molecule has 0 saturated carbocycles. The van der Waals surface area contributed by atoms with Crippen LogP contribution in [0.15, 0.2) is 36.5 Å². The van der Waals surface area contributed by atoms with Gasteiger partial charge in [-0.2, -0.15) is 0 Å². The molecule has 14 heteroatoms.